The van der Waals surface area contributed by atoms with Gasteiger partial charge in [0.25, 0.3) is 0 Å². The number of benzene rings is 1. The Morgan fingerprint density at radius 2 is 2.00 bits per heavy atom. The smallest absolute Gasteiger partial charge is 0.337 e. The van der Waals surface area contributed by atoms with Crippen LogP contribution in [0.5, 0.6) is 0 Å². The Balaban J connectivity index is 2.61. The molecule has 1 aliphatic heterocycles. The van der Waals surface area contributed by atoms with Gasteiger partial charge in [0, 0.05) is 4.91 Å². The molecule has 0 aromatic heterocycles. The van der Waals surface area contributed by atoms with Gasteiger partial charge in [-0.3, -0.25) is 0 Å². The summed E-state index contributed by atoms with van der Waals surface area (Å²) in [5.74, 6) is -0.539. The van der Waals surface area contributed by atoms with E-state index in [4.69, 9.17) is 0 Å². The van der Waals surface area contributed by atoms with Gasteiger partial charge in [-0.15, -0.1) is 0 Å². The number of hydrogen-bond donors (Lipinski definition) is 0. The van der Waals surface area contributed by atoms with Crippen LogP contribution in [-0.2, 0) is 14.6 Å². The zero-order valence-corrected chi connectivity index (χ0v) is 9.67. The van der Waals surface area contributed by atoms with Gasteiger partial charge in [0.2, 0.25) is 9.84 Å². The Labute approximate surface area is 93.5 Å². The Kier molecular flexibility index (Phi) is 2.35. The summed E-state index contributed by atoms with van der Waals surface area (Å²) < 4.78 is 28.2. The first-order chi connectivity index (χ1) is 7.46. The van der Waals surface area contributed by atoms with Gasteiger partial charge in [0.15, 0.2) is 0 Å². The zero-order chi connectivity index (χ0) is 11.9. The van der Waals surface area contributed by atoms with Gasteiger partial charge in [-0.25, -0.2) is 13.2 Å². The summed E-state index contributed by atoms with van der Waals surface area (Å²) in [5.41, 5.74) is 0.859. The minimum Gasteiger partial charge on any atom is -0.465 e. The van der Waals surface area contributed by atoms with Gasteiger partial charge >= 0.3 is 5.97 Å². The lowest BCUT2D eigenvalue weighted by molar-refractivity contribution is 0.0600. The minimum atomic E-state index is -3.40. The molecule has 1 aromatic rings. The second kappa shape index (κ2) is 3.45. The summed E-state index contributed by atoms with van der Waals surface area (Å²) in [5, 5.41) is 0. The van der Waals surface area contributed by atoms with Crippen molar-refractivity contribution in [2.75, 3.05) is 7.11 Å². The van der Waals surface area contributed by atoms with E-state index in [1.54, 1.807) is 18.2 Å². The van der Waals surface area contributed by atoms with Crippen molar-refractivity contribution in [2.45, 2.75) is 11.8 Å². The van der Waals surface area contributed by atoms with E-state index in [0.717, 1.165) is 0 Å². The highest BCUT2D eigenvalue weighted by Crippen LogP contribution is 2.32. The molecule has 0 aliphatic carbocycles. The van der Waals surface area contributed by atoms with Crippen molar-refractivity contribution >= 4 is 21.9 Å². The van der Waals surface area contributed by atoms with Crippen molar-refractivity contribution in [3.05, 3.63) is 34.2 Å². The molecule has 0 spiro atoms. The molecule has 2 rings (SSSR count). The van der Waals surface area contributed by atoms with Gasteiger partial charge in [0.1, 0.15) is 0 Å². The van der Waals surface area contributed by atoms with Crippen LogP contribution in [0.4, 0.5) is 0 Å². The number of ether oxygens (including phenoxy) is 1. The maximum atomic E-state index is 11.8. The lowest BCUT2D eigenvalue weighted by atomic mass is 10.1. The highest BCUT2D eigenvalue weighted by molar-refractivity contribution is 7.95. The van der Waals surface area contributed by atoms with Gasteiger partial charge in [0.05, 0.1) is 17.6 Å². The molecule has 84 valence electrons. The fourth-order valence-corrected chi connectivity index (χ4v) is 2.95. The number of sulfone groups is 1. The SMILES string of the molecule is COC(=O)c1ccc2c(c1)S(=O)(=O)C(C)=C2. The molecule has 0 N–H and O–H groups in total. The Bertz CT molecular complexity index is 596. The standard InChI is InChI=1S/C11H10O4S/c1-7-5-8-3-4-9(11(12)15-2)6-10(8)16(7,13)14/h3-6H,1-2H3. The van der Waals surface area contributed by atoms with Crippen molar-refractivity contribution < 1.29 is 17.9 Å². The largest absolute Gasteiger partial charge is 0.465 e. The molecule has 5 heteroatoms. The maximum Gasteiger partial charge on any atom is 0.337 e. The van der Waals surface area contributed by atoms with Crippen molar-refractivity contribution in [3.8, 4) is 0 Å². The summed E-state index contributed by atoms with van der Waals surface area (Å²) in [7, 11) is -2.14. The predicted molar refractivity (Wildman–Crippen MR) is 58.6 cm³/mol. The normalized spacial score (nSPS) is 16.5. The molecular weight excluding hydrogens is 228 g/mol. The Hall–Kier alpha value is -1.62. The number of hydrogen-bond acceptors (Lipinski definition) is 4. The molecule has 1 aromatic carbocycles. The molecule has 16 heavy (non-hydrogen) atoms. The first-order valence-electron chi connectivity index (χ1n) is 4.62. The van der Waals surface area contributed by atoms with E-state index in [1.807, 2.05) is 0 Å². The van der Waals surface area contributed by atoms with E-state index in [1.165, 1.54) is 20.1 Å². The van der Waals surface area contributed by atoms with E-state index in [2.05, 4.69) is 4.74 Å². The van der Waals surface area contributed by atoms with Crippen LogP contribution in [0.25, 0.3) is 6.08 Å². The average molecular weight is 238 g/mol. The minimum absolute atomic E-state index is 0.174. The van der Waals surface area contributed by atoms with E-state index in [9.17, 15) is 13.2 Å². The molecule has 4 nitrogen and oxygen atoms in total. The van der Waals surface area contributed by atoms with Gasteiger partial charge in [-0.2, -0.15) is 0 Å². The average Bonchev–Trinajstić information content (AvgIpc) is 2.49. The van der Waals surface area contributed by atoms with Crippen LogP contribution >= 0.6 is 0 Å². The monoisotopic (exact) mass is 238 g/mol. The quantitative estimate of drug-likeness (QED) is 0.697. The molecule has 0 fully saturated rings. The molecule has 0 saturated heterocycles. The van der Waals surface area contributed by atoms with Crippen molar-refractivity contribution in [3.63, 3.8) is 0 Å². The van der Waals surface area contributed by atoms with Gasteiger partial charge in [-0.05, 0) is 30.7 Å². The first kappa shape index (κ1) is 10.9. The summed E-state index contributed by atoms with van der Waals surface area (Å²) in [6.45, 7) is 1.53. The Morgan fingerprint density at radius 1 is 1.31 bits per heavy atom. The predicted octanol–water partition coefficient (Wildman–Crippen LogP) is 1.62. The zero-order valence-electron chi connectivity index (χ0n) is 8.85. The topological polar surface area (TPSA) is 60.4 Å². The highest BCUT2D eigenvalue weighted by atomic mass is 32.2. The number of fused-ring (bicyclic) bond motifs is 1. The van der Waals surface area contributed by atoms with E-state index in [0.29, 0.717) is 10.5 Å². The van der Waals surface area contributed by atoms with Crippen molar-refractivity contribution in [1.29, 1.82) is 0 Å². The number of allylic oxidation sites excluding steroid dienone is 1. The molecule has 0 unspecified atom stereocenters. The third kappa shape index (κ3) is 1.44. The van der Waals surface area contributed by atoms with Crippen molar-refractivity contribution in [1.82, 2.24) is 0 Å². The summed E-state index contributed by atoms with van der Waals surface area (Å²) >= 11 is 0. The lowest BCUT2D eigenvalue weighted by Crippen LogP contribution is -2.04. The summed E-state index contributed by atoms with van der Waals surface area (Å²) in [4.78, 5) is 11.7. The van der Waals surface area contributed by atoms with Crippen LogP contribution in [0.1, 0.15) is 22.8 Å². The van der Waals surface area contributed by atoms with Crippen LogP contribution in [0, 0.1) is 0 Å². The fourth-order valence-electron chi connectivity index (χ4n) is 1.60. The van der Waals surface area contributed by atoms with Crippen LogP contribution in [0.15, 0.2) is 28.0 Å². The van der Waals surface area contributed by atoms with Crippen LogP contribution in [0.3, 0.4) is 0 Å². The van der Waals surface area contributed by atoms with E-state index < -0.39 is 15.8 Å². The summed E-state index contributed by atoms with van der Waals surface area (Å²) in [6, 6.07) is 4.51. The second-order valence-electron chi connectivity index (χ2n) is 3.50. The molecule has 1 heterocycles. The third-order valence-corrected chi connectivity index (χ3v) is 4.41. The van der Waals surface area contributed by atoms with Crippen LogP contribution < -0.4 is 0 Å². The van der Waals surface area contributed by atoms with E-state index in [-0.39, 0.29) is 10.5 Å². The molecule has 1 aliphatic rings. The summed E-state index contributed by atoms with van der Waals surface area (Å²) in [6.07, 6.45) is 1.59. The highest BCUT2D eigenvalue weighted by Gasteiger charge is 2.27. The maximum absolute atomic E-state index is 11.8. The van der Waals surface area contributed by atoms with E-state index >= 15 is 0 Å². The van der Waals surface area contributed by atoms with Crippen molar-refractivity contribution in [2.24, 2.45) is 0 Å². The fraction of sp³-hybridized carbons (Fsp3) is 0.182. The third-order valence-electron chi connectivity index (χ3n) is 2.51. The molecule has 0 atom stereocenters. The van der Waals surface area contributed by atoms with Gasteiger partial charge in [-0.1, -0.05) is 6.07 Å². The molecule has 0 amide bonds. The van der Waals surface area contributed by atoms with Gasteiger partial charge < -0.3 is 4.74 Å². The number of esters is 1. The number of methoxy groups -OCH3 is 1. The Morgan fingerprint density at radius 3 is 2.62 bits per heavy atom. The molecule has 0 bridgehead atoms. The number of rotatable bonds is 1. The molecule has 0 radical (unpaired) electrons. The van der Waals surface area contributed by atoms with Crippen LogP contribution in [-0.4, -0.2) is 21.5 Å². The van der Waals surface area contributed by atoms with Crippen LogP contribution in [0.2, 0.25) is 0 Å². The molecular formula is C11H10O4S. The number of carbonyl (C=O) groups is 1. The molecule has 0 saturated carbocycles. The lowest BCUT2D eigenvalue weighted by Gasteiger charge is -2.03. The first-order valence-corrected chi connectivity index (χ1v) is 6.11. The number of carbonyl (C=O) groups excluding carboxylic acids is 1. The second-order valence-corrected chi connectivity index (χ2v) is 5.59.